The van der Waals surface area contributed by atoms with Crippen molar-refractivity contribution >= 4 is 17.6 Å². The number of nitrogens with one attached hydrogen (secondary N) is 2. The van der Waals surface area contributed by atoms with Crippen LogP contribution in [-0.2, 0) is 11.3 Å². The van der Waals surface area contributed by atoms with Gasteiger partial charge in [0.2, 0.25) is 0 Å². The number of ether oxygens (including phenoxy) is 1. The Hall–Kier alpha value is -1.73. The Morgan fingerprint density at radius 2 is 2.42 bits per heavy atom. The number of likely N-dealkylation sites (N-methyl/N-ethyl adjacent to an activating group) is 1. The number of hydrogen-bond acceptors (Lipinski definition) is 6. The maximum atomic E-state index is 11.5. The third-order valence-corrected chi connectivity index (χ3v) is 3.10. The number of aromatic nitrogens is 2. The van der Waals surface area contributed by atoms with Crippen LogP contribution in [0.25, 0.3) is 0 Å². The van der Waals surface area contributed by atoms with Gasteiger partial charge in [-0.05, 0) is 6.92 Å². The molecule has 8 heteroatoms. The Morgan fingerprint density at radius 3 is 3.16 bits per heavy atom. The summed E-state index contributed by atoms with van der Waals surface area (Å²) in [5.41, 5.74) is 6.76. The highest BCUT2D eigenvalue weighted by molar-refractivity contribution is 6.20. The maximum Gasteiger partial charge on any atom is 0.341 e. The zero-order chi connectivity index (χ0) is 13.8. The Kier molecular flexibility index (Phi) is 4.28. The minimum absolute atomic E-state index is 0.333. The van der Waals surface area contributed by atoms with Gasteiger partial charge in [0.1, 0.15) is 0 Å². The SMILES string of the molecule is CCOC(=O)c1cnn(CC2=CNNC(Cl)N2C)c1. The van der Waals surface area contributed by atoms with E-state index in [0.29, 0.717) is 18.7 Å². The van der Waals surface area contributed by atoms with E-state index in [1.54, 1.807) is 24.0 Å². The molecule has 104 valence electrons. The quantitative estimate of drug-likeness (QED) is 0.476. The summed E-state index contributed by atoms with van der Waals surface area (Å²) in [6.07, 6.45) is 4.94. The van der Waals surface area contributed by atoms with Crippen molar-refractivity contribution < 1.29 is 9.53 Å². The lowest BCUT2D eigenvalue weighted by atomic mass is 10.3. The van der Waals surface area contributed by atoms with E-state index in [0.717, 1.165) is 5.70 Å². The average molecular weight is 286 g/mol. The van der Waals surface area contributed by atoms with Crippen molar-refractivity contribution in [2.24, 2.45) is 0 Å². The number of nitrogens with zero attached hydrogens (tertiary/aromatic N) is 3. The molecule has 1 atom stereocenters. The number of esters is 1. The topological polar surface area (TPSA) is 71.4 Å². The molecule has 1 aliphatic heterocycles. The van der Waals surface area contributed by atoms with Crippen LogP contribution in [0.1, 0.15) is 17.3 Å². The molecule has 0 radical (unpaired) electrons. The summed E-state index contributed by atoms with van der Waals surface area (Å²) in [5, 5.41) is 4.13. The zero-order valence-corrected chi connectivity index (χ0v) is 11.5. The molecule has 1 aromatic heterocycles. The van der Waals surface area contributed by atoms with E-state index >= 15 is 0 Å². The molecule has 0 bridgehead atoms. The summed E-state index contributed by atoms with van der Waals surface area (Å²) in [7, 11) is 1.87. The van der Waals surface area contributed by atoms with Gasteiger partial charge in [0.25, 0.3) is 0 Å². The van der Waals surface area contributed by atoms with Crippen molar-refractivity contribution in [3.63, 3.8) is 0 Å². The van der Waals surface area contributed by atoms with Crippen LogP contribution >= 0.6 is 11.6 Å². The summed E-state index contributed by atoms with van der Waals surface area (Å²) in [5.74, 6) is -0.366. The number of hydrogen-bond donors (Lipinski definition) is 2. The fraction of sp³-hybridized carbons (Fsp3) is 0.455. The van der Waals surface area contributed by atoms with Gasteiger partial charge in [-0.15, -0.1) is 0 Å². The maximum absolute atomic E-state index is 11.5. The van der Waals surface area contributed by atoms with Gasteiger partial charge < -0.3 is 15.1 Å². The largest absolute Gasteiger partial charge is 0.462 e. The number of halogens is 1. The molecule has 19 heavy (non-hydrogen) atoms. The molecule has 2 heterocycles. The number of carbonyl (C=O) groups excluding carboxylic acids is 1. The number of alkyl halides is 1. The van der Waals surface area contributed by atoms with Crippen LogP contribution in [0.3, 0.4) is 0 Å². The Labute approximate surface area is 116 Å². The molecule has 0 aliphatic carbocycles. The van der Waals surface area contributed by atoms with Crippen molar-refractivity contribution in [1.82, 2.24) is 25.5 Å². The monoisotopic (exact) mass is 285 g/mol. The Balaban J connectivity index is 2.04. The molecule has 0 amide bonds. The van der Waals surface area contributed by atoms with Gasteiger partial charge in [-0.1, -0.05) is 11.6 Å². The summed E-state index contributed by atoms with van der Waals surface area (Å²) in [4.78, 5) is 13.4. The van der Waals surface area contributed by atoms with E-state index < -0.39 is 0 Å². The Morgan fingerprint density at radius 1 is 1.63 bits per heavy atom. The van der Waals surface area contributed by atoms with Crippen LogP contribution in [0.15, 0.2) is 24.3 Å². The molecule has 1 aliphatic rings. The Bertz CT molecular complexity index is 487. The molecule has 2 rings (SSSR count). The first kappa shape index (κ1) is 13.7. The van der Waals surface area contributed by atoms with Crippen LogP contribution in [0.2, 0.25) is 0 Å². The lowest BCUT2D eigenvalue weighted by molar-refractivity contribution is 0.0526. The highest BCUT2D eigenvalue weighted by atomic mass is 35.5. The lowest BCUT2D eigenvalue weighted by Crippen LogP contribution is -2.49. The molecule has 0 aromatic carbocycles. The van der Waals surface area contributed by atoms with Crippen LogP contribution in [0, 0.1) is 0 Å². The van der Waals surface area contributed by atoms with Crippen molar-refractivity contribution in [2.45, 2.75) is 19.1 Å². The molecule has 7 nitrogen and oxygen atoms in total. The molecule has 0 saturated heterocycles. The number of carbonyl (C=O) groups is 1. The second kappa shape index (κ2) is 5.94. The molecular formula is C11H16ClN5O2. The van der Waals surface area contributed by atoms with Crippen molar-refractivity contribution in [1.29, 1.82) is 0 Å². The number of rotatable bonds is 4. The second-order valence-electron chi connectivity index (χ2n) is 4.02. The summed E-state index contributed by atoms with van der Waals surface area (Å²) in [6, 6.07) is 0. The van der Waals surface area contributed by atoms with Gasteiger partial charge in [-0.25, -0.2) is 10.2 Å². The van der Waals surface area contributed by atoms with E-state index in [1.807, 2.05) is 11.9 Å². The fourth-order valence-corrected chi connectivity index (χ4v) is 1.82. The summed E-state index contributed by atoms with van der Waals surface area (Å²) in [6.45, 7) is 2.62. The van der Waals surface area contributed by atoms with Crippen LogP contribution in [0.4, 0.5) is 0 Å². The van der Waals surface area contributed by atoms with E-state index in [1.165, 1.54) is 6.20 Å². The predicted octanol–water partition coefficient (Wildman–Crippen LogP) is 0.463. The van der Waals surface area contributed by atoms with Gasteiger partial charge in [-0.2, -0.15) is 5.10 Å². The first-order chi connectivity index (χ1) is 9.11. The molecule has 0 spiro atoms. The first-order valence-electron chi connectivity index (χ1n) is 5.88. The van der Waals surface area contributed by atoms with Crippen molar-refractivity contribution in [3.8, 4) is 0 Å². The standard InChI is InChI=1S/C11H16ClN5O2/c1-3-19-10(18)8-4-14-17(6-8)7-9-5-13-15-11(12)16(9)2/h4-6,11,13,15H,3,7H2,1-2H3. The molecule has 0 fully saturated rings. The van der Waals surface area contributed by atoms with Gasteiger partial charge in [0, 0.05) is 19.4 Å². The fourth-order valence-electron chi connectivity index (χ4n) is 1.63. The minimum atomic E-state index is -0.366. The van der Waals surface area contributed by atoms with E-state index in [9.17, 15) is 4.79 Å². The molecule has 2 N–H and O–H groups in total. The summed E-state index contributed by atoms with van der Waals surface area (Å²) < 4.78 is 6.57. The van der Waals surface area contributed by atoms with Gasteiger partial charge >= 0.3 is 5.97 Å². The summed E-state index contributed by atoms with van der Waals surface area (Å²) >= 11 is 6.03. The average Bonchev–Trinajstić information content (AvgIpc) is 2.84. The molecule has 1 aromatic rings. The van der Waals surface area contributed by atoms with E-state index in [2.05, 4.69) is 16.0 Å². The van der Waals surface area contributed by atoms with E-state index in [4.69, 9.17) is 16.3 Å². The van der Waals surface area contributed by atoms with Crippen molar-refractivity contribution in [2.75, 3.05) is 13.7 Å². The molecular weight excluding hydrogens is 270 g/mol. The normalized spacial score (nSPS) is 18.8. The third kappa shape index (κ3) is 3.18. The molecule has 1 unspecified atom stereocenters. The van der Waals surface area contributed by atoms with Crippen LogP contribution in [0.5, 0.6) is 0 Å². The highest BCUT2D eigenvalue weighted by Crippen LogP contribution is 2.13. The first-order valence-corrected chi connectivity index (χ1v) is 6.32. The predicted molar refractivity (Wildman–Crippen MR) is 69.9 cm³/mol. The van der Waals surface area contributed by atoms with Gasteiger partial charge in [0.05, 0.1) is 30.6 Å². The number of hydrazine groups is 1. The minimum Gasteiger partial charge on any atom is -0.462 e. The van der Waals surface area contributed by atoms with Crippen molar-refractivity contribution in [3.05, 3.63) is 29.9 Å². The van der Waals surface area contributed by atoms with Gasteiger partial charge in [-0.3, -0.25) is 4.68 Å². The zero-order valence-electron chi connectivity index (χ0n) is 10.8. The van der Waals surface area contributed by atoms with Crippen LogP contribution < -0.4 is 10.9 Å². The smallest absolute Gasteiger partial charge is 0.341 e. The van der Waals surface area contributed by atoms with Gasteiger partial charge in [0.15, 0.2) is 5.62 Å². The molecule has 0 saturated carbocycles. The lowest BCUT2D eigenvalue weighted by Gasteiger charge is -2.32. The number of allylic oxidation sites excluding steroid dienone is 1. The third-order valence-electron chi connectivity index (χ3n) is 2.70. The van der Waals surface area contributed by atoms with Crippen LogP contribution in [-0.4, -0.2) is 39.9 Å². The highest BCUT2D eigenvalue weighted by Gasteiger charge is 2.18. The van der Waals surface area contributed by atoms with E-state index in [-0.39, 0.29) is 11.6 Å². The second-order valence-corrected chi connectivity index (χ2v) is 4.43.